The zero-order valence-electron chi connectivity index (χ0n) is 13.9. The maximum atomic E-state index is 12.8. The van der Waals surface area contributed by atoms with Crippen molar-refractivity contribution in [2.45, 2.75) is 20.0 Å². The molecule has 2 atom stereocenters. The molecule has 4 nitrogen and oxygen atoms in total. The molecule has 2 aromatic carbocycles. The first-order chi connectivity index (χ1) is 11.6. The third-order valence-electron chi connectivity index (χ3n) is 4.99. The number of rotatable bonds is 2. The number of hydrogen-bond acceptors (Lipinski definition) is 3. The third-order valence-corrected chi connectivity index (χ3v) is 4.99. The number of hydrogen-bond donors (Lipinski definition) is 0. The summed E-state index contributed by atoms with van der Waals surface area (Å²) in [5.74, 6) is 0.231. The molecule has 1 fully saturated rings. The summed E-state index contributed by atoms with van der Waals surface area (Å²) < 4.78 is 0. The van der Waals surface area contributed by atoms with E-state index in [9.17, 15) is 4.79 Å². The highest BCUT2D eigenvalue weighted by molar-refractivity contribution is 6.05. The Bertz CT molecular complexity index is 828. The SMILES string of the molecule is Cc1ccccc1C(=O)N1CC2ON=C(c3ccccc3C)C2C1. The van der Waals surface area contributed by atoms with Crippen molar-refractivity contribution >= 4 is 11.6 Å². The molecule has 0 aliphatic carbocycles. The van der Waals surface area contributed by atoms with E-state index in [2.05, 4.69) is 24.2 Å². The first-order valence-electron chi connectivity index (χ1n) is 8.30. The number of carbonyl (C=O) groups is 1. The van der Waals surface area contributed by atoms with Gasteiger partial charge in [-0.25, -0.2) is 0 Å². The minimum atomic E-state index is -0.0347. The van der Waals surface area contributed by atoms with Crippen LogP contribution in [0.15, 0.2) is 53.7 Å². The minimum absolute atomic E-state index is 0.0347. The second-order valence-corrected chi connectivity index (χ2v) is 6.57. The molecule has 2 aliphatic heterocycles. The predicted octanol–water partition coefficient (Wildman–Crippen LogP) is 3.18. The van der Waals surface area contributed by atoms with Crippen molar-refractivity contribution in [3.05, 3.63) is 70.8 Å². The molecule has 1 saturated heterocycles. The quantitative estimate of drug-likeness (QED) is 0.853. The van der Waals surface area contributed by atoms with Crippen LogP contribution in [-0.2, 0) is 4.84 Å². The topological polar surface area (TPSA) is 41.9 Å². The highest BCUT2D eigenvalue weighted by atomic mass is 16.6. The minimum Gasteiger partial charge on any atom is -0.390 e. The van der Waals surface area contributed by atoms with Gasteiger partial charge in [0.2, 0.25) is 0 Å². The van der Waals surface area contributed by atoms with Crippen LogP contribution in [0, 0.1) is 19.8 Å². The summed E-state index contributed by atoms with van der Waals surface area (Å²) in [6, 6.07) is 15.9. The molecule has 2 aromatic rings. The average Bonchev–Trinajstić information content (AvgIpc) is 3.16. The molecule has 0 bridgehead atoms. The Balaban J connectivity index is 1.57. The molecule has 122 valence electrons. The van der Waals surface area contributed by atoms with Gasteiger partial charge in [-0.05, 0) is 31.0 Å². The molecule has 4 heteroatoms. The van der Waals surface area contributed by atoms with Gasteiger partial charge in [-0.2, -0.15) is 0 Å². The lowest BCUT2D eigenvalue weighted by Gasteiger charge is -2.18. The summed E-state index contributed by atoms with van der Waals surface area (Å²) in [4.78, 5) is 20.4. The van der Waals surface area contributed by atoms with E-state index in [0.717, 1.165) is 22.4 Å². The van der Waals surface area contributed by atoms with Crippen LogP contribution in [-0.4, -0.2) is 35.7 Å². The fraction of sp³-hybridized carbons (Fsp3) is 0.300. The summed E-state index contributed by atoms with van der Waals surface area (Å²) in [5, 5.41) is 4.31. The summed E-state index contributed by atoms with van der Waals surface area (Å²) >= 11 is 0. The number of likely N-dealkylation sites (tertiary alicyclic amines) is 1. The van der Waals surface area contributed by atoms with Crippen LogP contribution in [0.1, 0.15) is 27.0 Å². The molecule has 2 unspecified atom stereocenters. The highest BCUT2D eigenvalue weighted by Crippen LogP contribution is 2.32. The maximum absolute atomic E-state index is 12.8. The molecule has 2 aliphatic rings. The molecule has 0 N–H and O–H groups in total. The Labute approximate surface area is 141 Å². The van der Waals surface area contributed by atoms with Crippen LogP contribution in [0.4, 0.5) is 0 Å². The lowest BCUT2D eigenvalue weighted by Crippen LogP contribution is -2.31. The summed E-state index contributed by atoms with van der Waals surface area (Å²) in [7, 11) is 0. The van der Waals surface area contributed by atoms with Crippen molar-refractivity contribution in [2.75, 3.05) is 13.1 Å². The smallest absolute Gasteiger partial charge is 0.254 e. The van der Waals surface area contributed by atoms with E-state index in [1.165, 1.54) is 5.56 Å². The Hall–Kier alpha value is -2.62. The van der Waals surface area contributed by atoms with Crippen LogP contribution in [0.3, 0.4) is 0 Å². The van der Waals surface area contributed by atoms with Gasteiger partial charge in [0.1, 0.15) is 0 Å². The van der Waals surface area contributed by atoms with E-state index < -0.39 is 0 Å². The van der Waals surface area contributed by atoms with Crippen molar-refractivity contribution < 1.29 is 9.63 Å². The molecule has 0 radical (unpaired) electrons. The summed E-state index contributed by atoms with van der Waals surface area (Å²) in [6.45, 7) is 5.30. The van der Waals surface area contributed by atoms with Gasteiger partial charge in [-0.1, -0.05) is 47.6 Å². The Morgan fingerprint density at radius 3 is 2.50 bits per heavy atom. The standard InChI is InChI=1S/C20H20N2O2/c1-13-7-3-5-9-15(13)19-17-11-22(12-18(17)24-21-19)20(23)16-10-6-4-8-14(16)2/h3-10,17-18H,11-12H2,1-2H3. The number of nitrogens with zero attached hydrogens (tertiary/aromatic N) is 2. The third kappa shape index (κ3) is 2.39. The van der Waals surface area contributed by atoms with E-state index in [1.54, 1.807) is 0 Å². The Morgan fingerprint density at radius 2 is 1.75 bits per heavy atom. The zero-order valence-corrected chi connectivity index (χ0v) is 13.9. The fourth-order valence-electron chi connectivity index (χ4n) is 3.59. The number of oxime groups is 1. The first kappa shape index (κ1) is 14.9. The van der Waals surface area contributed by atoms with Crippen molar-refractivity contribution in [2.24, 2.45) is 11.1 Å². The number of carbonyl (C=O) groups excluding carboxylic acids is 1. The van der Waals surface area contributed by atoms with Gasteiger partial charge in [-0.15, -0.1) is 0 Å². The van der Waals surface area contributed by atoms with Crippen LogP contribution < -0.4 is 0 Å². The van der Waals surface area contributed by atoms with Crippen molar-refractivity contribution in [1.29, 1.82) is 0 Å². The second-order valence-electron chi connectivity index (χ2n) is 6.57. The number of aryl methyl sites for hydroxylation is 2. The summed E-state index contributed by atoms with van der Waals surface area (Å²) in [5.41, 5.74) is 5.05. The Kier molecular flexibility index (Phi) is 3.60. The monoisotopic (exact) mass is 320 g/mol. The normalized spacial score (nSPS) is 22.1. The van der Waals surface area contributed by atoms with Crippen LogP contribution in [0.5, 0.6) is 0 Å². The van der Waals surface area contributed by atoms with E-state index in [-0.39, 0.29) is 17.9 Å². The van der Waals surface area contributed by atoms with Gasteiger partial charge in [0.25, 0.3) is 5.91 Å². The Morgan fingerprint density at radius 1 is 1.04 bits per heavy atom. The number of benzene rings is 2. The molecule has 4 rings (SSSR count). The van der Waals surface area contributed by atoms with Crippen LogP contribution in [0.25, 0.3) is 0 Å². The molecule has 0 saturated carbocycles. The first-order valence-corrected chi connectivity index (χ1v) is 8.30. The van der Waals surface area contributed by atoms with Gasteiger partial charge < -0.3 is 9.74 Å². The van der Waals surface area contributed by atoms with Crippen LogP contribution >= 0.6 is 0 Å². The predicted molar refractivity (Wildman–Crippen MR) is 93.2 cm³/mol. The number of fused-ring (bicyclic) bond motifs is 1. The zero-order chi connectivity index (χ0) is 16.7. The van der Waals surface area contributed by atoms with Gasteiger partial charge in [0.15, 0.2) is 6.10 Å². The van der Waals surface area contributed by atoms with Gasteiger partial charge in [-0.3, -0.25) is 4.79 Å². The van der Waals surface area contributed by atoms with Crippen LogP contribution in [0.2, 0.25) is 0 Å². The molecule has 1 amide bonds. The molecule has 0 aromatic heterocycles. The molecular weight excluding hydrogens is 300 g/mol. The van der Waals surface area contributed by atoms with E-state index in [0.29, 0.717) is 13.1 Å². The van der Waals surface area contributed by atoms with Gasteiger partial charge in [0.05, 0.1) is 18.2 Å². The van der Waals surface area contributed by atoms with E-state index >= 15 is 0 Å². The van der Waals surface area contributed by atoms with Crippen molar-refractivity contribution in [3.63, 3.8) is 0 Å². The largest absolute Gasteiger partial charge is 0.390 e. The van der Waals surface area contributed by atoms with Crippen molar-refractivity contribution in [1.82, 2.24) is 4.90 Å². The molecule has 24 heavy (non-hydrogen) atoms. The van der Waals surface area contributed by atoms with Crippen molar-refractivity contribution in [3.8, 4) is 0 Å². The molecular formula is C20H20N2O2. The second kappa shape index (κ2) is 5.78. The lowest BCUT2D eigenvalue weighted by molar-refractivity contribution is 0.0631. The van der Waals surface area contributed by atoms with Gasteiger partial charge >= 0.3 is 0 Å². The fourth-order valence-corrected chi connectivity index (χ4v) is 3.59. The van der Waals surface area contributed by atoms with E-state index in [4.69, 9.17) is 4.84 Å². The van der Waals surface area contributed by atoms with E-state index in [1.807, 2.05) is 48.2 Å². The van der Waals surface area contributed by atoms with Gasteiger partial charge in [0, 0.05) is 17.7 Å². The maximum Gasteiger partial charge on any atom is 0.254 e. The average molecular weight is 320 g/mol. The highest BCUT2D eigenvalue weighted by Gasteiger charge is 2.44. The lowest BCUT2D eigenvalue weighted by atomic mass is 9.92. The number of amides is 1. The molecule has 0 spiro atoms. The molecule has 2 heterocycles. The summed E-state index contributed by atoms with van der Waals surface area (Å²) in [6.07, 6.45) is -0.0347.